The van der Waals surface area contributed by atoms with Crippen molar-refractivity contribution < 1.29 is 19.0 Å². The van der Waals surface area contributed by atoms with Crippen LogP contribution in [0.5, 0.6) is 5.75 Å². The van der Waals surface area contributed by atoms with Crippen LogP contribution in [0.15, 0.2) is 48.5 Å². The molecule has 1 saturated carbocycles. The zero-order chi connectivity index (χ0) is 27.1. The number of carbonyl (C=O) groups excluding carboxylic acids is 1. The number of ether oxygens (including phenoxy) is 3. The van der Waals surface area contributed by atoms with Crippen LogP contribution in [-0.2, 0) is 33.8 Å². The van der Waals surface area contributed by atoms with Crippen LogP contribution in [-0.4, -0.2) is 50.9 Å². The van der Waals surface area contributed by atoms with Crippen molar-refractivity contribution in [1.82, 2.24) is 10.3 Å². The number of hydrogen-bond donors (Lipinski definition) is 1. The number of methoxy groups -OCH3 is 2. The molecule has 1 aromatic heterocycles. The van der Waals surface area contributed by atoms with E-state index in [1.54, 1.807) is 7.11 Å². The van der Waals surface area contributed by atoms with E-state index in [0.29, 0.717) is 13.2 Å². The molecule has 204 valence electrons. The van der Waals surface area contributed by atoms with Gasteiger partial charge in [0.15, 0.2) is 0 Å². The van der Waals surface area contributed by atoms with Crippen molar-refractivity contribution >= 4 is 11.8 Å². The van der Waals surface area contributed by atoms with E-state index >= 15 is 0 Å². The number of para-hydroxylation sites is 1. The number of piperidine rings is 1. The van der Waals surface area contributed by atoms with E-state index < -0.39 is 5.41 Å². The van der Waals surface area contributed by atoms with Gasteiger partial charge in [-0.25, -0.2) is 4.98 Å². The van der Waals surface area contributed by atoms with Crippen molar-refractivity contribution in [2.75, 3.05) is 38.8 Å². The van der Waals surface area contributed by atoms with Crippen molar-refractivity contribution in [2.45, 2.75) is 45.9 Å². The topological polar surface area (TPSA) is 72.9 Å². The Hall–Kier alpha value is -3.42. The Morgan fingerprint density at radius 3 is 2.79 bits per heavy atom. The minimum absolute atomic E-state index is 0.0990. The number of carbonyl (C=O) groups is 1. The quantitative estimate of drug-likeness (QED) is 0.429. The van der Waals surface area contributed by atoms with Crippen LogP contribution in [0.3, 0.4) is 0 Å². The molecule has 0 radical (unpaired) electrons. The van der Waals surface area contributed by atoms with Gasteiger partial charge < -0.3 is 24.4 Å². The van der Waals surface area contributed by atoms with Crippen LogP contribution in [0, 0.1) is 25.2 Å². The van der Waals surface area contributed by atoms with Gasteiger partial charge in [0, 0.05) is 25.8 Å². The lowest BCUT2D eigenvalue weighted by molar-refractivity contribution is -0.148. The predicted molar refractivity (Wildman–Crippen MR) is 151 cm³/mol. The fourth-order valence-corrected chi connectivity index (χ4v) is 6.75. The summed E-state index contributed by atoms with van der Waals surface area (Å²) in [7, 11) is 3.15. The van der Waals surface area contributed by atoms with E-state index in [1.807, 2.05) is 24.3 Å². The third kappa shape index (κ3) is 4.38. The highest BCUT2D eigenvalue weighted by Gasteiger charge is 2.71. The largest absolute Gasteiger partial charge is 0.488 e. The summed E-state index contributed by atoms with van der Waals surface area (Å²) in [6.07, 6.45) is 1.90. The van der Waals surface area contributed by atoms with Crippen molar-refractivity contribution in [3.63, 3.8) is 0 Å². The number of pyridine rings is 1. The van der Waals surface area contributed by atoms with Gasteiger partial charge in [-0.2, -0.15) is 0 Å². The summed E-state index contributed by atoms with van der Waals surface area (Å²) in [6, 6.07) is 16.6. The minimum Gasteiger partial charge on any atom is -0.488 e. The molecule has 3 atom stereocenters. The lowest BCUT2D eigenvalue weighted by Gasteiger charge is -2.31. The Balaban J connectivity index is 1.28. The number of nitrogens with one attached hydrogen (secondary N) is 1. The maximum Gasteiger partial charge on any atom is 0.314 e. The lowest BCUT2D eigenvalue weighted by Crippen LogP contribution is -2.44. The summed E-state index contributed by atoms with van der Waals surface area (Å²) in [6.45, 7) is 7.98. The molecule has 39 heavy (non-hydrogen) atoms. The Morgan fingerprint density at radius 1 is 1.13 bits per heavy atom. The van der Waals surface area contributed by atoms with Gasteiger partial charge in [-0.15, -0.1) is 0 Å². The number of esters is 1. The van der Waals surface area contributed by atoms with Crippen LogP contribution in [0.1, 0.15) is 34.2 Å². The fourth-order valence-electron chi connectivity index (χ4n) is 6.75. The zero-order valence-corrected chi connectivity index (χ0v) is 23.3. The third-order valence-electron chi connectivity index (χ3n) is 8.99. The van der Waals surface area contributed by atoms with Gasteiger partial charge in [0.2, 0.25) is 0 Å². The fraction of sp³-hybridized carbons (Fsp3) is 0.438. The molecular formula is C32H37N3O4. The maximum atomic E-state index is 12.8. The maximum absolute atomic E-state index is 12.8. The standard InChI is InChI=1S/C32H37N3O4/c1-20-7-5-8-26(30(20)39-18-23-12-11-22-16-33-14-13-25(22)21(23)2)27-9-6-10-29(34-27)35-17-24-15-32(24,31(36)38-4)28(35)19-37-3/h5-12,24,28,33H,13-19H2,1-4H3/t24-,28+,32+/m0/s1. The van der Waals surface area contributed by atoms with Gasteiger partial charge in [0.25, 0.3) is 0 Å². The second kappa shape index (κ2) is 10.3. The van der Waals surface area contributed by atoms with E-state index in [2.05, 4.69) is 48.3 Å². The molecular weight excluding hydrogens is 490 g/mol. The molecule has 2 aliphatic heterocycles. The van der Waals surface area contributed by atoms with Crippen molar-refractivity contribution in [1.29, 1.82) is 0 Å². The van der Waals surface area contributed by atoms with Gasteiger partial charge in [0.1, 0.15) is 18.2 Å². The summed E-state index contributed by atoms with van der Waals surface area (Å²) in [4.78, 5) is 20.1. The number of aromatic nitrogens is 1. The summed E-state index contributed by atoms with van der Waals surface area (Å²) >= 11 is 0. The molecule has 1 aliphatic carbocycles. The second-order valence-corrected chi connectivity index (χ2v) is 11.1. The molecule has 2 fully saturated rings. The first kappa shape index (κ1) is 25.8. The van der Waals surface area contributed by atoms with Gasteiger partial charge in [-0.1, -0.05) is 30.3 Å². The van der Waals surface area contributed by atoms with Gasteiger partial charge >= 0.3 is 5.97 Å². The Bertz CT molecular complexity index is 1410. The Labute approximate surface area is 230 Å². The van der Waals surface area contributed by atoms with Crippen LogP contribution in [0.2, 0.25) is 0 Å². The monoisotopic (exact) mass is 527 g/mol. The summed E-state index contributed by atoms with van der Waals surface area (Å²) in [5.74, 6) is 1.82. The zero-order valence-electron chi connectivity index (χ0n) is 23.3. The number of rotatable bonds is 8. The number of hydrogen-bond acceptors (Lipinski definition) is 7. The summed E-state index contributed by atoms with van der Waals surface area (Å²) in [5.41, 5.74) is 7.79. The molecule has 0 amide bonds. The molecule has 3 aromatic rings. The molecule has 2 aromatic carbocycles. The smallest absolute Gasteiger partial charge is 0.314 e. The normalized spacial score (nSPS) is 23.2. The number of anilines is 1. The number of benzene rings is 2. The van der Waals surface area contributed by atoms with Gasteiger partial charge in [-0.05, 0) is 85.2 Å². The van der Waals surface area contributed by atoms with Crippen LogP contribution in [0.4, 0.5) is 5.82 Å². The Kier molecular flexibility index (Phi) is 6.81. The van der Waals surface area contributed by atoms with E-state index in [-0.39, 0.29) is 17.9 Å². The second-order valence-electron chi connectivity index (χ2n) is 11.1. The highest BCUT2D eigenvalue weighted by Crippen LogP contribution is 2.62. The number of aryl methyl sites for hydroxylation is 1. The highest BCUT2D eigenvalue weighted by molar-refractivity contribution is 5.84. The first-order valence-corrected chi connectivity index (χ1v) is 13.8. The average Bonchev–Trinajstić information content (AvgIpc) is 3.61. The molecule has 3 heterocycles. The third-order valence-corrected chi connectivity index (χ3v) is 8.99. The molecule has 7 nitrogen and oxygen atoms in total. The minimum atomic E-state index is -0.497. The van der Waals surface area contributed by atoms with E-state index in [0.717, 1.165) is 60.9 Å². The molecule has 0 bridgehead atoms. The lowest BCUT2D eigenvalue weighted by atomic mass is 9.93. The number of fused-ring (bicyclic) bond motifs is 2. The first-order chi connectivity index (χ1) is 19.0. The predicted octanol–water partition coefficient (Wildman–Crippen LogP) is 4.60. The number of nitrogens with zero attached hydrogens (tertiary/aromatic N) is 2. The van der Waals surface area contributed by atoms with Gasteiger partial charge in [0.05, 0.1) is 30.9 Å². The first-order valence-electron chi connectivity index (χ1n) is 13.8. The molecule has 1 saturated heterocycles. The summed E-state index contributed by atoms with van der Waals surface area (Å²) < 4.78 is 17.3. The van der Waals surface area contributed by atoms with Crippen LogP contribution in [0.25, 0.3) is 11.3 Å². The van der Waals surface area contributed by atoms with E-state index in [1.165, 1.54) is 29.4 Å². The summed E-state index contributed by atoms with van der Waals surface area (Å²) in [5, 5.41) is 3.46. The van der Waals surface area contributed by atoms with Crippen molar-refractivity contribution in [3.05, 3.63) is 76.3 Å². The van der Waals surface area contributed by atoms with Crippen molar-refractivity contribution in [2.24, 2.45) is 11.3 Å². The van der Waals surface area contributed by atoms with Crippen molar-refractivity contribution in [3.8, 4) is 17.0 Å². The average molecular weight is 528 g/mol. The molecule has 6 rings (SSSR count). The van der Waals surface area contributed by atoms with E-state index in [4.69, 9.17) is 19.2 Å². The Morgan fingerprint density at radius 2 is 1.97 bits per heavy atom. The SMILES string of the molecule is COC[C@H]1N(c2cccc(-c3cccc(C)c3OCc3ccc4c(c3C)CCNC4)n2)C[C@@H]2C[C@@]21C(=O)OC. The van der Waals surface area contributed by atoms with E-state index in [9.17, 15) is 4.79 Å². The molecule has 7 heteroatoms. The van der Waals surface area contributed by atoms with Crippen LogP contribution >= 0.6 is 0 Å². The molecule has 1 N–H and O–H groups in total. The van der Waals surface area contributed by atoms with Crippen LogP contribution < -0.4 is 15.0 Å². The molecule has 0 unspecified atom stereocenters. The molecule has 3 aliphatic rings. The van der Waals surface area contributed by atoms with Gasteiger partial charge in [-0.3, -0.25) is 4.79 Å². The highest BCUT2D eigenvalue weighted by atomic mass is 16.5. The molecule has 0 spiro atoms.